The summed E-state index contributed by atoms with van der Waals surface area (Å²) in [5, 5.41) is 3.60. The van der Waals surface area contributed by atoms with E-state index in [0.717, 1.165) is 25.7 Å². The molecule has 0 unspecified atom stereocenters. The summed E-state index contributed by atoms with van der Waals surface area (Å²) in [6.45, 7) is 0.361. The number of aromatic amines is 1. The molecule has 1 aliphatic rings. The molecule has 0 spiro atoms. The summed E-state index contributed by atoms with van der Waals surface area (Å²) >= 11 is 0. The number of amides is 1. The van der Waals surface area contributed by atoms with Gasteiger partial charge in [-0.25, -0.2) is 0 Å². The lowest BCUT2D eigenvalue weighted by molar-refractivity contribution is -0.121. The number of H-pyrrole nitrogens is 1. The van der Waals surface area contributed by atoms with Crippen molar-refractivity contribution in [1.82, 2.24) is 10.3 Å². The van der Waals surface area contributed by atoms with Crippen LogP contribution in [0.4, 0.5) is 0 Å². The first-order chi connectivity index (χ1) is 12.6. The van der Waals surface area contributed by atoms with E-state index in [2.05, 4.69) is 10.3 Å². The number of pyridine rings is 1. The molecule has 1 amide bonds. The number of Topliss-reactive ketones (excluding diaryl/α,β-unsaturated/α-hetero) is 1. The highest BCUT2D eigenvalue weighted by Gasteiger charge is 2.24. The average molecular weight is 355 g/mol. The summed E-state index contributed by atoms with van der Waals surface area (Å²) in [6, 6.07) is 8.80. The fourth-order valence-electron chi connectivity index (χ4n) is 3.66. The molecule has 0 aliphatic heterocycles. The minimum atomic E-state index is -0.131. The van der Waals surface area contributed by atoms with Crippen LogP contribution in [-0.4, -0.2) is 29.3 Å². The van der Waals surface area contributed by atoms with Crippen LogP contribution in [-0.2, 0) is 4.79 Å². The predicted molar refractivity (Wildman–Crippen MR) is 101 cm³/mol. The van der Waals surface area contributed by atoms with Gasteiger partial charge in [0, 0.05) is 42.4 Å². The fourth-order valence-corrected chi connectivity index (χ4v) is 3.66. The van der Waals surface area contributed by atoms with E-state index in [1.807, 2.05) is 18.2 Å². The predicted octanol–water partition coefficient (Wildman–Crippen LogP) is 2.12. The minimum absolute atomic E-state index is 0.000709. The van der Waals surface area contributed by atoms with Crippen molar-refractivity contribution in [3.05, 3.63) is 46.2 Å². The van der Waals surface area contributed by atoms with Crippen molar-refractivity contribution in [3.63, 3.8) is 0 Å². The van der Waals surface area contributed by atoms with Gasteiger partial charge in [-0.05, 0) is 43.7 Å². The monoisotopic (exact) mass is 355 g/mol. The van der Waals surface area contributed by atoms with Crippen molar-refractivity contribution >= 4 is 22.6 Å². The van der Waals surface area contributed by atoms with Gasteiger partial charge in [0.15, 0.2) is 11.2 Å². The largest absolute Gasteiger partial charge is 0.353 e. The number of hydrogen-bond donors (Lipinski definition) is 3. The number of ketones is 1. The van der Waals surface area contributed by atoms with Crippen molar-refractivity contribution < 1.29 is 9.59 Å². The number of rotatable bonds is 6. The molecule has 26 heavy (non-hydrogen) atoms. The molecule has 1 aromatic heterocycles. The molecule has 1 aliphatic carbocycles. The zero-order valence-corrected chi connectivity index (χ0v) is 14.8. The fraction of sp³-hybridized carbons (Fsp3) is 0.450. The Hall–Kier alpha value is -2.47. The van der Waals surface area contributed by atoms with E-state index >= 15 is 0 Å². The first kappa shape index (κ1) is 18.3. The molecule has 1 fully saturated rings. The van der Waals surface area contributed by atoms with Gasteiger partial charge in [-0.2, -0.15) is 0 Å². The zero-order valence-electron chi connectivity index (χ0n) is 14.8. The first-order valence-electron chi connectivity index (χ1n) is 9.21. The number of hydrogen-bond acceptors (Lipinski definition) is 4. The van der Waals surface area contributed by atoms with Crippen LogP contribution in [0, 0.1) is 5.92 Å². The Kier molecular flexibility index (Phi) is 5.83. The number of nitrogens with two attached hydrogens (primary N) is 1. The average Bonchev–Trinajstić information content (AvgIpc) is 2.63. The van der Waals surface area contributed by atoms with Gasteiger partial charge in [0.05, 0.1) is 5.69 Å². The summed E-state index contributed by atoms with van der Waals surface area (Å²) in [5.74, 6) is 0.268. The molecule has 3 rings (SSSR count). The minimum Gasteiger partial charge on any atom is -0.353 e. The second-order valence-electron chi connectivity index (χ2n) is 7.04. The van der Waals surface area contributed by atoms with Gasteiger partial charge < -0.3 is 16.0 Å². The van der Waals surface area contributed by atoms with Gasteiger partial charge in [0.2, 0.25) is 5.91 Å². The Labute approximate surface area is 152 Å². The van der Waals surface area contributed by atoms with E-state index in [9.17, 15) is 14.4 Å². The lowest BCUT2D eigenvalue weighted by Gasteiger charge is -2.28. The SMILES string of the molecule is NCCC(=O)NC1CCC(CC(=O)c2cc(=O)c3ccccc3[nH]2)CC1. The first-order valence-corrected chi connectivity index (χ1v) is 9.21. The smallest absolute Gasteiger partial charge is 0.221 e. The number of nitrogens with one attached hydrogen (secondary N) is 2. The molecule has 1 heterocycles. The van der Waals surface area contributed by atoms with Gasteiger partial charge in [0.25, 0.3) is 0 Å². The molecule has 6 heteroatoms. The van der Waals surface area contributed by atoms with Gasteiger partial charge >= 0.3 is 0 Å². The van der Waals surface area contributed by atoms with Gasteiger partial charge in [-0.15, -0.1) is 0 Å². The lowest BCUT2D eigenvalue weighted by atomic mass is 9.82. The van der Waals surface area contributed by atoms with Crippen LogP contribution in [0.1, 0.15) is 49.0 Å². The molecule has 2 aromatic rings. The molecular formula is C20H25N3O3. The van der Waals surface area contributed by atoms with Crippen molar-refractivity contribution in [2.24, 2.45) is 11.7 Å². The van der Waals surface area contributed by atoms with E-state index in [1.165, 1.54) is 6.07 Å². The molecule has 0 saturated heterocycles. The molecule has 0 bridgehead atoms. The standard InChI is InChI=1S/C20H25N3O3/c21-10-9-20(26)22-14-7-5-13(6-8-14)11-19(25)17-12-18(24)15-3-1-2-4-16(15)23-17/h1-4,12-14H,5-11,21H2,(H,22,26)(H,23,24). The number of benzene rings is 1. The highest BCUT2D eigenvalue weighted by Crippen LogP contribution is 2.28. The molecule has 1 saturated carbocycles. The molecule has 6 nitrogen and oxygen atoms in total. The number of para-hydroxylation sites is 1. The summed E-state index contributed by atoms with van der Waals surface area (Å²) in [6.07, 6.45) is 4.34. The van der Waals surface area contributed by atoms with Crippen molar-refractivity contribution in [3.8, 4) is 0 Å². The lowest BCUT2D eigenvalue weighted by Crippen LogP contribution is -2.38. The van der Waals surface area contributed by atoms with Crippen LogP contribution in [0.25, 0.3) is 10.9 Å². The number of carbonyl (C=O) groups is 2. The number of carbonyl (C=O) groups excluding carboxylic acids is 2. The van der Waals surface area contributed by atoms with Gasteiger partial charge in [-0.3, -0.25) is 14.4 Å². The quantitative estimate of drug-likeness (QED) is 0.690. The Bertz CT molecular complexity index is 851. The maximum absolute atomic E-state index is 12.6. The van der Waals surface area contributed by atoms with Crippen LogP contribution in [0.2, 0.25) is 0 Å². The second kappa shape index (κ2) is 8.27. The van der Waals surface area contributed by atoms with E-state index in [1.54, 1.807) is 6.07 Å². The van der Waals surface area contributed by atoms with E-state index in [0.29, 0.717) is 41.9 Å². The Morgan fingerprint density at radius 2 is 1.88 bits per heavy atom. The third-order valence-electron chi connectivity index (χ3n) is 5.10. The van der Waals surface area contributed by atoms with Gasteiger partial charge in [0.1, 0.15) is 0 Å². The highest BCUT2D eigenvalue weighted by molar-refractivity contribution is 5.96. The number of aromatic nitrogens is 1. The van der Waals surface area contributed by atoms with E-state index in [-0.39, 0.29) is 23.2 Å². The van der Waals surface area contributed by atoms with Crippen LogP contribution in [0.5, 0.6) is 0 Å². The van der Waals surface area contributed by atoms with Crippen LogP contribution in [0.3, 0.4) is 0 Å². The zero-order chi connectivity index (χ0) is 18.5. The molecule has 1 aromatic carbocycles. The molecular weight excluding hydrogens is 330 g/mol. The Morgan fingerprint density at radius 3 is 2.62 bits per heavy atom. The van der Waals surface area contributed by atoms with Crippen LogP contribution >= 0.6 is 0 Å². The summed E-state index contributed by atoms with van der Waals surface area (Å²) in [5.41, 5.74) is 6.33. The molecule has 0 radical (unpaired) electrons. The van der Waals surface area contributed by atoms with E-state index in [4.69, 9.17) is 5.73 Å². The Balaban J connectivity index is 1.58. The van der Waals surface area contributed by atoms with Gasteiger partial charge in [-0.1, -0.05) is 12.1 Å². The highest BCUT2D eigenvalue weighted by atomic mass is 16.1. The molecule has 0 atom stereocenters. The summed E-state index contributed by atoms with van der Waals surface area (Å²) < 4.78 is 0. The summed E-state index contributed by atoms with van der Waals surface area (Å²) in [7, 11) is 0. The van der Waals surface area contributed by atoms with Crippen molar-refractivity contribution in [1.29, 1.82) is 0 Å². The normalized spacial score (nSPS) is 20.0. The summed E-state index contributed by atoms with van der Waals surface area (Å²) in [4.78, 5) is 39.5. The third-order valence-corrected chi connectivity index (χ3v) is 5.10. The maximum Gasteiger partial charge on any atom is 0.221 e. The maximum atomic E-state index is 12.6. The third kappa shape index (κ3) is 4.38. The van der Waals surface area contributed by atoms with Crippen molar-refractivity contribution in [2.75, 3.05) is 6.54 Å². The number of fused-ring (bicyclic) bond motifs is 1. The second-order valence-corrected chi connectivity index (χ2v) is 7.04. The van der Waals surface area contributed by atoms with Crippen LogP contribution in [0.15, 0.2) is 35.1 Å². The molecule has 4 N–H and O–H groups in total. The Morgan fingerprint density at radius 1 is 1.15 bits per heavy atom. The molecule has 138 valence electrons. The topological polar surface area (TPSA) is 105 Å². The van der Waals surface area contributed by atoms with Crippen LogP contribution < -0.4 is 16.5 Å². The van der Waals surface area contributed by atoms with E-state index < -0.39 is 0 Å². The van der Waals surface area contributed by atoms with Crippen molar-refractivity contribution in [2.45, 2.75) is 44.6 Å².